The summed E-state index contributed by atoms with van der Waals surface area (Å²) in [5, 5.41) is 12.9. The van der Waals surface area contributed by atoms with Gasteiger partial charge in [0, 0.05) is 32.8 Å². The van der Waals surface area contributed by atoms with Crippen molar-refractivity contribution in [1.82, 2.24) is 10.2 Å². The van der Waals surface area contributed by atoms with Crippen LogP contribution in [0.25, 0.3) is 0 Å². The van der Waals surface area contributed by atoms with Gasteiger partial charge in [0.05, 0.1) is 13.2 Å². The fourth-order valence-corrected chi connectivity index (χ4v) is 3.01. The standard InChI is InChI=1S/C15H32N2O2/c1-3-8-16-15-7-5-4-6-14(15)13-17(9-11-18)10-12-19-2/h14-16,18H,3-13H2,1-2H3. The first kappa shape index (κ1) is 16.9. The third-order valence-corrected chi connectivity index (χ3v) is 4.09. The molecule has 0 radical (unpaired) electrons. The summed E-state index contributed by atoms with van der Waals surface area (Å²) in [4.78, 5) is 2.35. The summed E-state index contributed by atoms with van der Waals surface area (Å²) in [6, 6.07) is 0.664. The second-order valence-electron chi connectivity index (χ2n) is 5.62. The number of methoxy groups -OCH3 is 1. The Kier molecular flexibility index (Phi) is 9.43. The first-order chi connectivity index (χ1) is 9.31. The van der Waals surface area contributed by atoms with E-state index < -0.39 is 0 Å². The molecular weight excluding hydrogens is 240 g/mol. The molecule has 2 N–H and O–H groups in total. The van der Waals surface area contributed by atoms with Gasteiger partial charge in [0.25, 0.3) is 0 Å². The van der Waals surface area contributed by atoms with Crippen molar-refractivity contribution in [2.45, 2.75) is 45.1 Å². The normalized spacial score (nSPS) is 24.0. The van der Waals surface area contributed by atoms with Gasteiger partial charge in [-0.15, -0.1) is 0 Å². The fourth-order valence-electron chi connectivity index (χ4n) is 3.01. The van der Waals surface area contributed by atoms with E-state index in [2.05, 4.69) is 17.1 Å². The van der Waals surface area contributed by atoms with E-state index in [4.69, 9.17) is 4.74 Å². The summed E-state index contributed by atoms with van der Waals surface area (Å²) < 4.78 is 5.16. The number of ether oxygens (including phenoxy) is 1. The summed E-state index contributed by atoms with van der Waals surface area (Å²) in [6.45, 7) is 7.11. The van der Waals surface area contributed by atoms with Gasteiger partial charge in [-0.2, -0.15) is 0 Å². The van der Waals surface area contributed by atoms with Gasteiger partial charge in [0.2, 0.25) is 0 Å². The molecule has 0 aromatic rings. The SMILES string of the molecule is CCCNC1CCCCC1CN(CCO)CCOC. The van der Waals surface area contributed by atoms with Crippen LogP contribution in [0.2, 0.25) is 0 Å². The zero-order valence-electron chi connectivity index (χ0n) is 12.7. The van der Waals surface area contributed by atoms with Crippen LogP contribution in [-0.4, -0.2) is 62.6 Å². The second-order valence-corrected chi connectivity index (χ2v) is 5.62. The molecule has 0 saturated heterocycles. The number of nitrogens with one attached hydrogen (secondary N) is 1. The summed E-state index contributed by atoms with van der Waals surface area (Å²) >= 11 is 0. The fraction of sp³-hybridized carbons (Fsp3) is 1.00. The van der Waals surface area contributed by atoms with Crippen molar-refractivity contribution in [3.8, 4) is 0 Å². The molecule has 1 aliphatic rings. The molecule has 2 atom stereocenters. The number of aliphatic hydroxyl groups is 1. The minimum absolute atomic E-state index is 0.240. The molecule has 2 unspecified atom stereocenters. The van der Waals surface area contributed by atoms with E-state index in [1.54, 1.807) is 7.11 Å². The molecule has 0 spiro atoms. The molecular formula is C15H32N2O2. The van der Waals surface area contributed by atoms with Crippen LogP contribution in [0, 0.1) is 5.92 Å². The smallest absolute Gasteiger partial charge is 0.0589 e. The Labute approximate surface area is 118 Å². The number of hydrogen-bond acceptors (Lipinski definition) is 4. The van der Waals surface area contributed by atoms with Crippen LogP contribution in [-0.2, 0) is 4.74 Å². The van der Waals surface area contributed by atoms with Gasteiger partial charge >= 0.3 is 0 Å². The topological polar surface area (TPSA) is 44.7 Å². The molecule has 1 rings (SSSR count). The van der Waals surface area contributed by atoms with Gasteiger partial charge < -0.3 is 15.2 Å². The third-order valence-electron chi connectivity index (χ3n) is 4.09. The summed E-state index contributed by atoms with van der Waals surface area (Å²) in [5.74, 6) is 0.726. The van der Waals surface area contributed by atoms with Crippen LogP contribution in [0.4, 0.5) is 0 Å². The maximum Gasteiger partial charge on any atom is 0.0589 e. The molecule has 0 bridgehead atoms. The van der Waals surface area contributed by atoms with Crippen molar-refractivity contribution < 1.29 is 9.84 Å². The first-order valence-electron chi connectivity index (χ1n) is 7.87. The maximum absolute atomic E-state index is 9.17. The molecule has 0 heterocycles. The number of aliphatic hydroxyl groups excluding tert-OH is 1. The Morgan fingerprint density at radius 3 is 2.74 bits per heavy atom. The lowest BCUT2D eigenvalue weighted by Crippen LogP contribution is -2.45. The average Bonchev–Trinajstić information content (AvgIpc) is 2.44. The minimum Gasteiger partial charge on any atom is -0.395 e. The van der Waals surface area contributed by atoms with Crippen LogP contribution in [0.3, 0.4) is 0 Å². The molecule has 19 heavy (non-hydrogen) atoms. The van der Waals surface area contributed by atoms with Crippen LogP contribution in [0.1, 0.15) is 39.0 Å². The van der Waals surface area contributed by atoms with Gasteiger partial charge in [0.15, 0.2) is 0 Å². The quantitative estimate of drug-likeness (QED) is 0.632. The van der Waals surface area contributed by atoms with E-state index in [0.717, 1.165) is 38.7 Å². The zero-order valence-corrected chi connectivity index (χ0v) is 12.7. The molecule has 1 aliphatic carbocycles. The Morgan fingerprint density at radius 2 is 2.05 bits per heavy atom. The van der Waals surface area contributed by atoms with Crippen molar-refractivity contribution in [1.29, 1.82) is 0 Å². The zero-order chi connectivity index (χ0) is 13.9. The lowest BCUT2D eigenvalue weighted by atomic mass is 9.84. The van der Waals surface area contributed by atoms with Gasteiger partial charge in [-0.1, -0.05) is 19.8 Å². The van der Waals surface area contributed by atoms with Crippen molar-refractivity contribution >= 4 is 0 Å². The lowest BCUT2D eigenvalue weighted by molar-refractivity contribution is 0.103. The van der Waals surface area contributed by atoms with E-state index in [1.165, 1.54) is 32.1 Å². The van der Waals surface area contributed by atoms with E-state index in [-0.39, 0.29) is 6.61 Å². The highest BCUT2D eigenvalue weighted by Crippen LogP contribution is 2.25. The first-order valence-corrected chi connectivity index (χ1v) is 7.87. The predicted octanol–water partition coefficient (Wildman–Crippen LogP) is 1.49. The Morgan fingerprint density at radius 1 is 1.26 bits per heavy atom. The van der Waals surface area contributed by atoms with Crippen LogP contribution >= 0.6 is 0 Å². The molecule has 114 valence electrons. The van der Waals surface area contributed by atoms with Crippen LogP contribution in [0.15, 0.2) is 0 Å². The van der Waals surface area contributed by atoms with Crippen molar-refractivity contribution in [2.24, 2.45) is 5.92 Å². The Bertz CT molecular complexity index is 214. The molecule has 0 aliphatic heterocycles. The molecule has 0 aromatic carbocycles. The molecule has 1 saturated carbocycles. The van der Waals surface area contributed by atoms with Crippen LogP contribution in [0.5, 0.6) is 0 Å². The second kappa shape index (κ2) is 10.6. The highest BCUT2D eigenvalue weighted by molar-refractivity contribution is 4.83. The largest absolute Gasteiger partial charge is 0.395 e. The van der Waals surface area contributed by atoms with Gasteiger partial charge in [0.1, 0.15) is 0 Å². The van der Waals surface area contributed by atoms with Crippen molar-refractivity contribution in [2.75, 3.05) is 46.5 Å². The van der Waals surface area contributed by atoms with E-state index in [1.807, 2.05) is 0 Å². The van der Waals surface area contributed by atoms with Crippen molar-refractivity contribution in [3.63, 3.8) is 0 Å². The summed E-state index contributed by atoms with van der Waals surface area (Å²) in [6.07, 6.45) is 6.54. The third kappa shape index (κ3) is 6.70. The van der Waals surface area contributed by atoms with E-state index >= 15 is 0 Å². The molecule has 1 fully saturated rings. The summed E-state index contributed by atoms with van der Waals surface area (Å²) in [5.41, 5.74) is 0. The maximum atomic E-state index is 9.17. The van der Waals surface area contributed by atoms with Crippen molar-refractivity contribution in [3.05, 3.63) is 0 Å². The van der Waals surface area contributed by atoms with E-state index in [9.17, 15) is 5.11 Å². The van der Waals surface area contributed by atoms with Gasteiger partial charge in [-0.05, 0) is 31.7 Å². The minimum atomic E-state index is 0.240. The molecule has 0 aromatic heterocycles. The predicted molar refractivity (Wildman–Crippen MR) is 79.4 cm³/mol. The number of hydrogen-bond donors (Lipinski definition) is 2. The lowest BCUT2D eigenvalue weighted by Gasteiger charge is -2.36. The highest BCUT2D eigenvalue weighted by atomic mass is 16.5. The van der Waals surface area contributed by atoms with Crippen LogP contribution < -0.4 is 5.32 Å². The molecule has 4 heteroatoms. The molecule has 0 amide bonds. The monoisotopic (exact) mass is 272 g/mol. The van der Waals surface area contributed by atoms with Gasteiger partial charge in [-0.25, -0.2) is 0 Å². The average molecular weight is 272 g/mol. The number of nitrogens with zero attached hydrogens (tertiary/aromatic N) is 1. The molecule has 4 nitrogen and oxygen atoms in total. The Balaban J connectivity index is 2.42. The van der Waals surface area contributed by atoms with Gasteiger partial charge in [-0.3, -0.25) is 4.90 Å². The summed E-state index contributed by atoms with van der Waals surface area (Å²) in [7, 11) is 1.74. The highest BCUT2D eigenvalue weighted by Gasteiger charge is 2.26. The van der Waals surface area contributed by atoms with E-state index in [0.29, 0.717) is 6.04 Å². The Hall–Kier alpha value is -0.160. The number of rotatable bonds is 10.